The molecule has 6 nitrogen and oxygen atoms in total. The summed E-state index contributed by atoms with van der Waals surface area (Å²) < 4.78 is 41.6. The fraction of sp³-hybridized carbons (Fsp3) is 0.0455. The SMILES string of the molecule is O=C(Nc1cccnc1)Nc1cccc2ccc(-c3cccc(OC(F)(F)F)c3)nc12. The number of rotatable bonds is 4. The minimum absolute atomic E-state index is 0.339. The molecule has 2 amide bonds. The van der Waals surface area contributed by atoms with Crippen LogP contribution in [0.3, 0.4) is 0 Å². The van der Waals surface area contributed by atoms with Crippen LogP contribution in [0.5, 0.6) is 5.75 Å². The molecule has 4 rings (SSSR count). The molecule has 0 fully saturated rings. The van der Waals surface area contributed by atoms with Crippen molar-refractivity contribution in [1.29, 1.82) is 0 Å². The second-order valence-electron chi connectivity index (χ2n) is 6.47. The number of hydrogen-bond acceptors (Lipinski definition) is 4. The summed E-state index contributed by atoms with van der Waals surface area (Å²) >= 11 is 0. The molecule has 2 heterocycles. The Morgan fingerprint density at radius 2 is 1.77 bits per heavy atom. The molecular weight excluding hydrogens is 409 g/mol. The Bertz CT molecular complexity index is 1230. The number of ether oxygens (including phenoxy) is 1. The van der Waals surface area contributed by atoms with E-state index >= 15 is 0 Å². The first-order chi connectivity index (χ1) is 14.9. The van der Waals surface area contributed by atoms with Gasteiger partial charge in [-0.05, 0) is 36.4 Å². The summed E-state index contributed by atoms with van der Waals surface area (Å²) in [6.45, 7) is 0. The largest absolute Gasteiger partial charge is 0.573 e. The molecule has 2 aromatic carbocycles. The van der Waals surface area contributed by atoms with Crippen LogP contribution in [-0.2, 0) is 0 Å². The predicted octanol–water partition coefficient (Wildman–Crippen LogP) is 5.84. The van der Waals surface area contributed by atoms with Gasteiger partial charge in [-0.3, -0.25) is 4.98 Å². The van der Waals surface area contributed by atoms with Gasteiger partial charge in [0.15, 0.2) is 0 Å². The lowest BCUT2D eigenvalue weighted by atomic mass is 10.1. The van der Waals surface area contributed by atoms with Crippen LogP contribution in [0.4, 0.5) is 29.3 Å². The molecule has 0 spiro atoms. The highest BCUT2D eigenvalue weighted by atomic mass is 19.4. The molecule has 156 valence electrons. The summed E-state index contributed by atoms with van der Waals surface area (Å²) in [7, 11) is 0. The fourth-order valence-corrected chi connectivity index (χ4v) is 2.98. The predicted molar refractivity (Wildman–Crippen MR) is 111 cm³/mol. The maximum absolute atomic E-state index is 12.5. The number of carbonyl (C=O) groups excluding carboxylic acids is 1. The molecule has 9 heteroatoms. The summed E-state index contributed by atoms with van der Waals surface area (Å²) in [6, 6.07) is 17.2. The molecule has 31 heavy (non-hydrogen) atoms. The highest BCUT2D eigenvalue weighted by Gasteiger charge is 2.31. The molecule has 2 N–H and O–H groups in total. The normalized spacial score (nSPS) is 11.2. The number of fused-ring (bicyclic) bond motifs is 1. The van der Waals surface area contributed by atoms with Gasteiger partial charge in [0.25, 0.3) is 0 Å². The van der Waals surface area contributed by atoms with Gasteiger partial charge in [0.1, 0.15) is 5.75 Å². The van der Waals surface area contributed by atoms with Crippen LogP contribution in [0.25, 0.3) is 22.2 Å². The van der Waals surface area contributed by atoms with Gasteiger partial charge in [0.05, 0.1) is 28.8 Å². The van der Waals surface area contributed by atoms with Gasteiger partial charge < -0.3 is 15.4 Å². The van der Waals surface area contributed by atoms with Gasteiger partial charge in [0, 0.05) is 17.1 Å². The maximum atomic E-state index is 12.5. The lowest BCUT2D eigenvalue weighted by Crippen LogP contribution is -2.19. The van der Waals surface area contributed by atoms with Crippen molar-refractivity contribution in [3.8, 4) is 17.0 Å². The zero-order chi connectivity index (χ0) is 21.8. The van der Waals surface area contributed by atoms with Gasteiger partial charge in [-0.1, -0.05) is 30.3 Å². The van der Waals surface area contributed by atoms with E-state index in [1.165, 1.54) is 24.4 Å². The summed E-state index contributed by atoms with van der Waals surface area (Å²) in [4.78, 5) is 20.8. The second-order valence-corrected chi connectivity index (χ2v) is 6.47. The quantitative estimate of drug-likeness (QED) is 0.432. The van der Waals surface area contributed by atoms with Crippen LogP contribution in [0, 0.1) is 0 Å². The Balaban J connectivity index is 1.63. The van der Waals surface area contributed by atoms with E-state index < -0.39 is 12.4 Å². The third kappa shape index (κ3) is 5.08. The molecule has 0 saturated carbocycles. The zero-order valence-corrected chi connectivity index (χ0v) is 15.9. The van der Waals surface area contributed by atoms with Crippen molar-refractivity contribution in [3.63, 3.8) is 0 Å². The number of para-hydroxylation sites is 1. The van der Waals surface area contributed by atoms with E-state index in [1.54, 1.807) is 48.7 Å². The number of alkyl halides is 3. The third-order valence-electron chi connectivity index (χ3n) is 4.25. The lowest BCUT2D eigenvalue weighted by molar-refractivity contribution is -0.274. The molecule has 0 atom stereocenters. The minimum atomic E-state index is -4.78. The van der Waals surface area contributed by atoms with Crippen molar-refractivity contribution in [2.45, 2.75) is 6.36 Å². The number of benzene rings is 2. The number of amides is 2. The summed E-state index contributed by atoms with van der Waals surface area (Å²) in [5.41, 5.74) is 2.34. The topological polar surface area (TPSA) is 76.1 Å². The highest BCUT2D eigenvalue weighted by molar-refractivity contribution is 6.05. The van der Waals surface area contributed by atoms with Crippen molar-refractivity contribution < 1.29 is 22.7 Å². The fourth-order valence-electron chi connectivity index (χ4n) is 2.98. The standard InChI is InChI=1S/C22H15F3N4O2/c23-22(24,25)31-17-7-1-5-15(12-17)18-10-9-14-4-2-8-19(20(14)28-18)29-21(30)27-16-6-3-11-26-13-16/h1-13H,(H2,27,29,30). The van der Waals surface area contributed by atoms with Crippen LogP contribution >= 0.6 is 0 Å². The van der Waals surface area contributed by atoms with E-state index in [0.29, 0.717) is 28.1 Å². The Morgan fingerprint density at radius 1 is 0.935 bits per heavy atom. The second kappa shape index (κ2) is 8.31. The molecule has 0 bridgehead atoms. The first kappa shape index (κ1) is 20.1. The Hall–Kier alpha value is -4.14. The number of urea groups is 1. The van der Waals surface area contributed by atoms with E-state index in [9.17, 15) is 18.0 Å². The van der Waals surface area contributed by atoms with Gasteiger partial charge in [0.2, 0.25) is 0 Å². The van der Waals surface area contributed by atoms with Crippen molar-refractivity contribution >= 4 is 28.3 Å². The van der Waals surface area contributed by atoms with E-state index in [-0.39, 0.29) is 5.75 Å². The molecule has 0 radical (unpaired) electrons. The number of nitrogens with zero attached hydrogens (tertiary/aromatic N) is 2. The maximum Gasteiger partial charge on any atom is 0.573 e. The number of halogens is 3. The number of nitrogens with one attached hydrogen (secondary N) is 2. The zero-order valence-electron chi connectivity index (χ0n) is 15.9. The van der Waals surface area contributed by atoms with Crippen molar-refractivity contribution in [1.82, 2.24) is 9.97 Å². The Kier molecular flexibility index (Phi) is 5.40. The molecular formula is C22H15F3N4O2. The highest BCUT2D eigenvalue weighted by Crippen LogP contribution is 2.30. The van der Waals surface area contributed by atoms with Gasteiger partial charge in [-0.25, -0.2) is 9.78 Å². The van der Waals surface area contributed by atoms with Crippen LogP contribution in [0.15, 0.2) is 79.1 Å². The van der Waals surface area contributed by atoms with Crippen LogP contribution < -0.4 is 15.4 Å². The first-order valence-electron chi connectivity index (χ1n) is 9.11. The lowest BCUT2D eigenvalue weighted by Gasteiger charge is -2.12. The number of pyridine rings is 2. The third-order valence-corrected chi connectivity index (χ3v) is 4.25. The minimum Gasteiger partial charge on any atom is -0.406 e. The summed E-state index contributed by atoms with van der Waals surface area (Å²) in [6.07, 6.45) is -1.68. The van der Waals surface area contributed by atoms with E-state index in [4.69, 9.17) is 0 Å². The Morgan fingerprint density at radius 3 is 2.55 bits per heavy atom. The average Bonchev–Trinajstić information content (AvgIpc) is 2.73. The number of aromatic nitrogens is 2. The van der Waals surface area contributed by atoms with Gasteiger partial charge >= 0.3 is 12.4 Å². The number of anilines is 2. The summed E-state index contributed by atoms with van der Waals surface area (Å²) in [5, 5.41) is 6.16. The van der Waals surface area contributed by atoms with E-state index in [2.05, 4.69) is 25.3 Å². The van der Waals surface area contributed by atoms with E-state index in [0.717, 1.165) is 5.39 Å². The monoisotopic (exact) mass is 424 g/mol. The number of carbonyl (C=O) groups is 1. The first-order valence-corrected chi connectivity index (χ1v) is 9.11. The van der Waals surface area contributed by atoms with Crippen LogP contribution in [0.2, 0.25) is 0 Å². The van der Waals surface area contributed by atoms with Gasteiger partial charge in [-0.2, -0.15) is 0 Å². The molecule has 0 aliphatic heterocycles. The average molecular weight is 424 g/mol. The molecule has 2 aromatic heterocycles. The molecule has 0 aliphatic carbocycles. The van der Waals surface area contributed by atoms with Gasteiger partial charge in [-0.15, -0.1) is 13.2 Å². The number of hydrogen-bond donors (Lipinski definition) is 2. The molecule has 4 aromatic rings. The van der Waals surface area contributed by atoms with Crippen molar-refractivity contribution in [2.75, 3.05) is 10.6 Å². The molecule has 0 aliphatic rings. The smallest absolute Gasteiger partial charge is 0.406 e. The van der Waals surface area contributed by atoms with Crippen LogP contribution in [-0.4, -0.2) is 22.4 Å². The molecule has 0 saturated heterocycles. The van der Waals surface area contributed by atoms with E-state index in [1.807, 2.05) is 6.07 Å². The van der Waals surface area contributed by atoms with Crippen LogP contribution in [0.1, 0.15) is 0 Å². The molecule has 0 unspecified atom stereocenters. The summed E-state index contributed by atoms with van der Waals surface area (Å²) in [5.74, 6) is -0.339. The Labute approximate surface area is 174 Å². The van der Waals surface area contributed by atoms with Crippen molar-refractivity contribution in [3.05, 3.63) is 79.1 Å². The van der Waals surface area contributed by atoms with Crippen molar-refractivity contribution in [2.24, 2.45) is 0 Å².